The average Bonchev–Trinajstić information content (AvgIpc) is 2.55. The molecule has 0 aliphatic heterocycles. The first-order valence-electron chi connectivity index (χ1n) is 6.30. The Kier molecular flexibility index (Phi) is 3.60. The van der Waals surface area contributed by atoms with E-state index in [1.54, 1.807) is 0 Å². The lowest BCUT2D eigenvalue weighted by atomic mass is 9.78. The minimum Gasteiger partial charge on any atom is -0.354 e. The van der Waals surface area contributed by atoms with Crippen molar-refractivity contribution in [1.82, 2.24) is 0 Å². The molecule has 0 spiro atoms. The zero-order valence-electron chi connectivity index (χ0n) is 11.6. The highest BCUT2D eigenvalue weighted by molar-refractivity contribution is 5.56. The summed E-state index contributed by atoms with van der Waals surface area (Å²) in [6.07, 6.45) is 0. The topological polar surface area (TPSA) is 20.2 Å². The molecule has 1 aliphatic carbocycles. The number of hydrogen-bond acceptors (Lipinski definition) is 1. The number of halogens is 11. The molecule has 0 aromatic heterocycles. The fraction of sp³-hybridized carbons (Fsp3) is 0.143. The molecule has 0 radical (unpaired) electrons. The van der Waals surface area contributed by atoms with Crippen molar-refractivity contribution in [3.05, 3.63) is 68.8 Å². The standard InChI is InChI=1S/C14HF11O/c15-5-1-3(7(17)11(21)9(5)19)14(25,26)4-2(13(1,23)24)6(16)10(20)12(22)8(4)18/h26H. The van der Waals surface area contributed by atoms with E-state index in [-0.39, 0.29) is 0 Å². The van der Waals surface area contributed by atoms with Gasteiger partial charge in [0.2, 0.25) is 0 Å². The van der Waals surface area contributed by atoms with Gasteiger partial charge in [-0.15, -0.1) is 0 Å². The molecular weight excluding hydrogens is 393 g/mol. The number of benzene rings is 2. The van der Waals surface area contributed by atoms with Crippen LogP contribution in [-0.4, -0.2) is 5.11 Å². The summed E-state index contributed by atoms with van der Waals surface area (Å²) in [6, 6.07) is 0. The zero-order chi connectivity index (χ0) is 19.9. The highest BCUT2D eigenvalue weighted by atomic mass is 19.3. The second kappa shape index (κ2) is 5.09. The third-order valence-electron chi connectivity index (χ3n) is 3.82. The van der Waals surface area contributed by atoms with Crippen LogP contribution in [0.1, 0.15) is 22.3 Å². The molecule has 1 aliphatic rings. The molecule has 1 nitrogen and oxygen atoms in total. The summed E-state index contributed by atoms with van der Waals surface area (Å²) in [5.41, 5.74) is -10.8. The van der Waals surface area contributed by atoms with Crippen molar-refractivity contribution in [3.8, 4) is 0 Å². The molecule has 2 aromatic rings. The average molecular weight is 394 g/mol. The minimum atomic E-state index is -5.41. The summed E-state index contributed by atoms with van der Waals surface area (Å²) >= 11 is 0. The molecule has 0 amide bonds. The third-order valence-corrected chi connectivity index (χ3v) is 3.82. The summed E-state index contributed by atoms with van der Waals surface area (Å²) < 4.78 is 151. The van der Waals surface area contributed by atoms with Gasteiger partial charge in [0.1, 0.15) is 0 Å². The van der Waals surface area contributed by atoms with Crippen LogP contribution in [0.4, 0.5) is 48.3 Å². The second-order valence-corrected chi connectivity index (χ2v) is 5.21. The molecule has 0 fully saturated rings. The van der Waals surface area contributed by atoms with Gasteiger partial charge in [0.05, 0.1) is 22.3 Å². The molecule has 0 atom stereocenters. The number of fused-ring (bicyclic) bond motifs is 2. The van der Waals surface area contributed by atoms with Crippen LogP contribution in [0.3, 0.4) is 0 Å². The maximum absolute atomic E-state index is 14.5. The minimum absolute atomic E-state index is 2.64. The molecular formula is C14HF11O. The molecule has 0 bridgehead atoms. The summed E-state index contributed by atoms with van der Waals surface area (Å²) in [7, 11) is 0. The summed E-state index contributed by atoms with van der Waals surface area (Å²) in [5, 5.41) is 9.56. The van der Waals surface area contributed by atoms with E-state index in [0.717, 1.165) is 0 Å². The molecule has 2 aromatic carbocycles. The summed E-state index contributed by atoms with van der Waals surface area (Å²) in [5.74, 6) is -33.6. The summed E-state index contributed by atoms with van der Waals surface area (Å²) in [4.78, 5) is 0. The second-order valence-electron chi connectivity index (χ2n) is 5.21. The number of rotatable bonds is 0. The van der Waals surface area contributed by atoms with Gasteiger partial charge in [-0.25, -0.2) is 39.5 Å². The van der Waals surface area contributed by atoms with Crippen LogP contribution in [-0.2, 0) is 11.8 Å². The van der Waals surface area contributed by atoms with Crippen LogP contribution in [0.2, 0.25) is 0 Å². The molecule has 0 heterocycles. The van der Waals surface area contributed by atoms with Crippen LogP contribution in [0.5, 0.6) is 0 Å². The van der Waals surface area contributed by atoms with E-state index in [0.29, 0.717) is 0 Å². The van der Waals surface area contributed by atoms with Gasteiger partial charge < -0.3 is 5.11 Å². The predicted octanol–water partition coefficient (Wildman–Crippen LogP) is 4.42. The van der Waals surface area contributed by atoms with Crippen molar-refractivity contribution in [3.63, 3.8) is 0 Å². The zero-order valence-corrected chi connectivity index (χ0v) is 11.6. The first kappa shape index (κ1) is 18.4. The molecule has 3 rings (SSSR count). The fourth-order valence-corrected chi connectivity index (χ4v) is 2.73. The SMILES string of the molecule is OC1(F)c2c(F)c(F)c(F)c(F)c2C(F)(F)c2c(F)c(F)c(F)c(F)c21. The Hall–Kier alpha value is -2.37. The van der Waals surface area contributed by atoms with E-state index in [4.69, 9.17) is 0 Å². The molecule has 0 unspecified atom stereocenters. The van der Waals surface area contributed by atoms with Crippen LogP contribution in [0, 0.1) is 46.5 Å². The Labute approximate surface area is 135 Å². The fourth-order valence-electron chi connectivity index (χ4n) is 2.73. The summed E-state index contributed by atoms with van der Waals surface area (Å²) in [6.45, 7) is 0. The van der Waals surface area contributed by atoms with Crippen molar-refractivity contribution in [2.75, 3.05) is 0 Å². The Morgan fingerprint density at radius 1 is 0.423 bits per heavy atom. The molecule has 0 saturated carbocycles. The lowest BCUT2D eigenvalue weighted by Crippen LogP contribution is -2.41. The van der Waals surface area contributed by atoms with Gasteiger partial charge >= 0.3 is 5.92 Å². The number of aliphatic hydroxyl groups is 1. The molecule has 26 heavy (non-hydrogen) atoms. The maximum atomic E-state index is 14.5. The van der Waals surface area contributed by atoms with Gasteiger partial charge in [-0.2, -0.15) is 8.78 Å². The Morgan fingerprint density at radius 3 is 0.923 bits per heavy atom. The largest absolute Gasteiger partial charge is 0.354 e. The van der Waals surface area contributed by atoms with Gasteiger partial charge in [-0.1, -0.05) is 0 Å². The first-order chi connectivity index (χ1) is 11.8. The van der Waals surface area contributed by atoms with E-state index in [9.17, 15) is 53.4 Å². The van der Waals surface area contributed by atoms with Crippen LogP contribution >= 0.6 is 0 Å². The number of hydrogen-bond donors (Lipinski definition) is 1. The van der Waals surface area contributed by atoms with Gasteiger partial charge in [0.15, 0.2) is 46.5 Å². The van der Waals surface area contributed by atoms with E-state index in [1.807, 2.05) is 0 Å². The van der Waals surface area contributed by atoms with Crippen LogP contribution < -0.4 is 0 Å². The molecule has 12 heteroatoms. The highest BCUT2D eigenvalue weighted by Gasteiger charge is 2.60. The van der Waals surface area contributed by atoms with Crippen molar-refractivity contribution in [2.45, 2.75) is 11.8 Å². The van der Waals surface area contributed by atoms with Gasteiger partial charge in [0, 0.05) is 0 Å². The molecule has 1 N–H and O–H groups in total. The van der Waals surface area contributed by atoms with Crippen LogP contribution in [0.25, 0.3) is 0 Å². The van der Waals surface area contributed by atoms with Gasteiger partial charge in [-0.3, -0.25) is 0 Å². The van der Waals surface area contributed by atoms with Crippen molar-refractivity contribution < 1.29 is 53.4 Å². The van der Waals surface area contributed by atoms with Crippen molar-refractivity contribution in [1.29, 1.82) is 0 Å². The normalized spacial score (nSPS) is 17.1. The quantitative estimate of drug-likeness (QED) is 0.399. The Morgan fingerprint density at radius 2 is 0.654 bits per heavy atom. The lowest BCUT2D eigenvalue weighted by Gasteiger charge is -2.35. The maximum Gasteiger partial charge on any atom is 0.305 e. The van der Waals surface area contributed by atoms with E-state index in [1.165, 1.54) is 0 Å². The van der Waals surface area contributed by atoms with E-state index < -0.39 is 80.6 Å². The Balaban J connectivity index is 2.64. The van der Waals surface area contributed by atoms with Crippen molar-refractivity contribution >= 4 is 0 Å². The first-order valence-corrected chi connectivity index (χ1v) is 6.30. The highest BCUT2D eigenvalue weighted by Crippen LogP contribution is 2.55. The number of alkyl halides is 3. The Bertz CT molecular complexity index is 827. The smallest absolute Gasteiger partial charge is 0.305 e. The van der Waals surface area contributed by atoms with Gasteiger partial charge in [0.25, 0.3) is 5.85 Å². The van der Waals surface area contributed by atoms with E-state index in [2.05, 4.69) is 0 Å². The van der Waals surface area contributed by atoms with Crippen LogP contribution in [0.15, 0.2) is 0 Å². The predicted molar refractivity (Wildman–Crippen MR) is 59.7 cm³/mol. The van der Waals surface area contributed by atoms with Crippen molar-refractivity contribution in [2.24, 2.45) is 0 Å². The lowest BCUT2D eigenvalue weighted by molar-refractivity contribution is -0.0855. The molecule has 140 valence electrons. The van der Waals surface area contributed by atoms with E-state index >= 15 is 0 Å². The molecule has 0 saturated heterocycles. The third kappa shape index (κ3) is 1.90. The van der Waals surface area contributed by atoms with Gasteiger partial charge in [-0.05, 0) is 0 Å². The monoisotopic (exact) mass is 394 g/mol.